The molecule has 0 aliphatic heterocycles. The van der Waals surface area contributed by atoms with E-state index >= 15 is 0 Å². The molecule has 1 amide bonds. The number of amides is 1. The first-order valence-corrected chi connectivity index (χ1v) is 5.10. The summed E-state index contributed by atoms with van der Waals surface area (Å²) < 4.78 is 0. The Bertz CT molecular complexity index is 298. The number of hydrogen-bond donors (Lipinski definition) is 2. The summed E-state index contributed by atoms with van der Waals surface area (Å²) in [6.45, 7) is 2.55. The van der Waals surface area contributed by atoms with Crippen LogP contribution in [0.15, 0.2) is 24.4 Å². The van der Waals surface area contributed by atoms with Crippen molar-refractivity contribution in [3.63, 3.8) is 0 Å². The summed E-state index contributed by atoms with van der Waals surface area (Å²) in [6.07, 6.45) is 2.82. The summed E-state index contributed by atoms with van der Waals surface area (Å²) >= 11 is 0. The predicted molar refractivity (Wildman–Crippen MR) is 59.2 cm³/mol. The molecule has 0 spiro atoms. The van der Waals surface area contributed by atoms with Gasteiger partial charge in [-0.3, -0.25) is 9.78 Å². The van der Waals surface area contributed by atoms with Crippen molar-refractivity contribution in [3.8, 4) is 0 Å². The number of nitrogens with two attached hydrogens (primary N) is 1. The molecule has 1 aromatic rings. The van der Waals surface area contributed by atoms with Gasteiger partial charge in [-0.2, -0.15) is 0 Å². The molecule has 0 saturated carbocycles. The number of nitrogens with zero attached hydrogens (tertiary/aromatic N) is 1. The fourth-order valence-corrected chi connectivity index (χ4v) is 1.17. The van der Waals surface area contributed by atoms with Gasteiger partial charge in [0.05, 0.1) is 6.42 Å². The van der Waals surface area contributed by atoms with Gasteiger partial charge in [0.25, 0.3) is 0 Å². The molecule has 4 nitrogen and oxygen atoms in total. The van der Waals surface area contributed by atoms with Crippen LogP contribution >= 0.6 is 0 Å². The minimum absolute atomic E-state index is 0.00523. The summed E-state index contributed by atoms with van der Waals surface area (Å²) in [6, 6.07) is 5.67. The highest BCUT2D eigenvalue weighted by molar-refractivity contribution is 5.77. The average molecular weight is 207 g/mol. The first kappa shape index (κ1) is 11.7. The van der Waals surface area contributed by atoms with Crippen molar-refractivity contribution in [2.24, 2.45) is 5.73 Å². The minimum atomic E-state index is -0.00523. The van der Waals surface area contributed by atoms with Crippen molar-refractivity contribution >= 4 is 5.91 Å². The Morgan fingerprint density at radius 1 is 1.60 bits per heavy atom. The van der Waals surface area contributed by atoms with Crippen LogP contribution in [0.25, 0.3) is 0 Å². The Kier molecular flexibility index (Phi) is 4.77. The fourth-order valence-electron chi connectivity index (χ4n) is 1.17. The molecule has 0 aliphatic carbocycles. The maximum absolute atomic E-state index is 11.4. The Hall–Kier alpha value is -1.42. The highest BCUT2D eigenvalue weighted by atomic mass is 16.1. The summed E-state index contributed by atoms with van der Waals surface area (Å²) in [7, 11) is 0. The Morgan fingerprint density at radius 2 is 2.40 bits per heavy atom. The number of nitrogens with one attached hydrogen (secondary N) is 1. The number of carbonyl (C=O) groups excluding carboxylic acids is 1. The van der Waals surface area contributed by atoms with Crippen LogP contribution in [0.4, 0.5) is 0 Å². The molecule has 0 radical (unpaired) electrons. The van der Waals surface area contributed by atoms with E-state index in [0.717, 1.165) is 12.1 Å². The molecular weight excluding hydrogens is 190 g/mol. The van der Waals surface area contributed by atoms with Gasteiger partial charge < -0.3 is 11.1 Å². The second kappa shape index (κ2) is 6.14. The van der Waals surface area contributed by atoms with Crippen LogP contribution in [0, 0.1) is 0 Å². The van der Waals surface area contributed by atoms with Crippen LogP contribution in [-0.2, 0) is 11.2 Å². The maximum atomic E-state index is 11.4. The van der Waals surface area contributed by atoms with Crippen molar-refractivity contribution in [2.75, 3.05) is 6.54 Å². The van der Waals surface area contributed by atoms with Crippen molar-refractivity contribution in [3.05, 3.63) is 30.1 Å². The summed E-state index contributed by atoms with van der Waals surface area (Å²) in [5, 5.41) is 2.80. The lowest BCUT2D eigenvalue weighted by Gasteiger charge is -2.06. The van der Waals surface area contributed by atoms with Crippen LogP contribution in [0.3, 0.4) is 0 Å². The lowest BCUT2D eigenvalue weighted by Crippen LogP contribution is -2.30. The van der Waals surface area contributed by atoms with E-state index in [9.17, 15) is 4.79 Å². The molecule has 1 heterocycles. The van der Waals surface area contributed by atoms with E-state index in [1.54, 1.807) is 6.20 Å². The predicted octanol–water partition coefficient (Wildman–Crippen LogP) is 0.478. The normalized spacial score (nSPS) is 12.1. The van der Waals surface area contributed by atoms with Crippen LogP contribution in [0.5, 0.6) is 0 Å². The van der Waals surface area contributed by atoms with Gasteiger partial charge >= 0.3 is 0 Å². The van der Waals surface area contributed by atoms with Crippen molar-refractivity contribution in [2.45, 2.75) is 25.8 Å². The molecule has 15 heavy (non-hydrogen) atoms. The number of aromatic nitrogens is 1. The first-order chi connectivity index (χ1) is 7.18. The van der Waals surface area contributed by atoms with Crippen LogP contribution < -0.4 is 11.1 Å². The van der Waals surface area contributed by atoms with E-state index in [0.29, 0.717) is 13.0 Å². The molecule has 0 fully saturated rings. The van der Waals surface area contributed by atoms with Crippen molar-refractivity contribution < 1.29 is 4.79 Å². The standard InChI is InChI=1S/C11H17N3O/c1-9(12)5-7-14-11(15)8-10-4-2-3-6-13-10/h2-4,6,9H,5,7-8,12H2,1H3,(H,14,15). The van der Waals surface area contributed by atoms with Crippen molar-refractivity contribution in [1.82, 2.24) is 10.3 Å². The third-order valence-electron chi connectivity index (χ3n) is 1.99. The molecule has 1 aromatic heterocycles. The molecule has 0 saturated heterocycles. The molecule has 1 rings (SSSR count). The van der Waals surface area contributed by atoms with E-state index < -0.39 is 0 Å². The largest absolute Gasteiger partial charge is 0.356 e. The molecule has 3 N–H and O–H groups in total. The Labute approximate surface area is 89.9 Å². The van der Waals surface area contributed by atoms with E-state index in [1.165, 1.54) is 0 Å². The van der Waals surface area contributed by atoms with Crippen molar-refractivity contribution in [1.29, 1.82) is 0 Å². The molecule has 82 valence electrons. The molecular formula is C11H17N3O. The minimum Gasteiger partial charge on any atom is -0.356 e. The van der Waals surface area contributed by atoms with Gasteiger partial charge in [-0.25, -0.2) is 0 Å². The topological polar surface area (TPSA) is 68.0 Å². The zero-order chi connectivity index (χ0) is 11.1. The summed E-state index contributed by atoms with van der Waals surface area (Å²) in [4.78, 5) is 15.5. The number of hydrogen-bond acceptors (Lipinski definition) is 3. The SMILES string of the molecule is CC(N)CCNC(=O)Cc1ccccn1. The number of carbonyl (C=O) groups is 1. The second-order valence-corrected chi connectivity index (χ2v) is 3.61. The van der Waals surface area contributed by atoms with Gasteiger partial charge in [-0.1, -0.05) is 6.07 Å². The zero-order valence-electron chi connectivity index (χ0n) is 8.94. The third kappa shape index (κ3) is 5.12. The van der Waals surface area contributed by atoms with Crippen LogP contribution in [-0.4, -0.2) is 23.5 Å². The Balaban J connectivity index is 2.25. The van der Waals surface area contributed by atoms with Gasteiger partial charge in [0.15, 0.2) is 0 Å². The second-order valence-electron chi connectivity index (χ2n) is 3.61. The lowest BCUT2D eigenvalue weighted by molar-refractivity contribution is -0.120. The maximum Gasteiger partial charge on any atom is 0.226 e. The van der Waals surface area contributed by atoms with Gasteiger partial charge in [-0.15, -0.1) is 0 Å². The molecule has 1 unspecified atom stereocenters. The molecule has 0 bridgehead atoms. The van der Waals surface area contributed by atoms with Gasteiger partial charge in [0.2, 0.25) is 5.91 Å². The van der Waals surface area contributed by atoms with E-state index in [4.69, 9.17) is 5.73 Å². The summed E-state index contributed by atoms with van der Waals surface area (Å²) in [5.74, 6) is -0.00523. The molecule has 0 aromatic carbocycles. The monoisotopic (exact) mass is 207 g/mol. The van der Waals surface area contributed by atoms with Gasteiger partial charge in [0.1, 0.15) is 0 Å². The smallest absolute Gasteiger partial charge is 0.226 e. The average Bonchev–Trinajstić information content (AvgIpc) is 2.18. The van der Waals surface area contributed by atoms with Crippen LogP contribution in [0.2, 0.25) is 0 Å². The first-order valence-electron chi connectivity index (χ1n) is 5.10. The highest BCUT2D eigenvalue weighted by Gasteiger charge is 2.03. The number of rotatable bonds is 5. The third-order valence-corrected chi connectivity index (χ3v) is 1.99. The van der Waals surface area contributed by atoms with E-state index in [2.05, 4.69) is 10.3 Å². The Morgan fingerprint density at radius 3 is 3.00 bits per heavy atom. The number of pyridine rings is 1. The summed E-state index contributed by atoms with van der Waals surface area (Å²) in [5.41, 5.74) is 6.36. The lowest BCUT2D eigenvalue weighted by atomic mass is 10.2. The fraction of sp³-hybridized carbons (Fsp3) is 0.455. The van der Waals surface area contributed by atoms with Crippen LogP contribution in [0.1, 0.15) is 19.0 Å². The molecule has 4 heteroatoms. The van der Waals surface area contributed by atoms with E-state index in [1.807, 2.05) is 25.1 Å². The highest BCUT2D eigenvalue weighted by Crippen LogP contribution is 1.94. The van der Waals surface area contributed by atoms with E-state index in [-0.39, 0.29) is 11.9 Å². The molecule has 0 aliphatic rings. The zero-order valence-corrected chi connectivity index (χ0v) is 8.94. The quantitative estimate of drug-likeness (QED) is 0.737. The van der Waals surface area contributed by atoms with Gasteiger partial charge in [0, 0.05) is 24.5 Å². The van der Waals surface area contributed by atoms with Gasteiger partial charge in [-0.05, 0) is 25.5 Å². The molecule has 1 atom stereocenters.